The number of nitrogens with two attached hydrogens (primary N) is 1. The van der Waals surface area contributed by atoms with Gasteiger partial charge in [0.1, 0.15) is 0 Å². The largest absolute Gasteiger partial charge is 0.379 e. The first kappa shape index (κ1) is 12.3. The summed E-state index contributed by atoms with van der Waals surface area (Å²) in [7, 11) is 2.21. The van der Waals surface area contributed by atoms with Crippen molar-refractivity contribution in [2.45, 2.75) is 44.1 Å². The summed E-state index contributed by atoms with van der Waals surface area (Å²) in [6.07, 6.45) is 8.14. The van der Waals surface area contributed by atoms with Crippen LogP contribution in [-0.2, 0) is 4.74 Å². The monoisotopic (exact) mass is 226 g/mol. The third-order valence-electron chi connectivity index (χ3n) is 4.01. The Morgan fingerprint density at radius 1 is 1.31 bits per heavy atom. The van der Waals surface area contributed by atoms with Crippen LogP contribution < -0.4 is 5.73 Å². The second kappa shape index (κ2) is 5.48. The van der Waals surface area contributed by atoms with Crippen LogP contribution in [0.1, 0.15) is 38.5 Å². The average Bonchev–Trinajstić information content (AvgIpc) is 2.66. The Morgan fingerprint density at radius 2 is 2.06 bits per heavy atom. The van der Waals surface area contributed by atoms with Crippen molar-refractivity contribution >= 4 is 0 Å². The molecule has 1 saturated carbocycles. The van der Waals surface area contributed by atoms with E-state index in [1.54, 1.807) is 0 Å². The van der Waals surface area contributed by atoms with Gasteiger partial charge in [-0.2, -0.15) is 0 Å². The molecule has 0 aromatic carbocycles. The molecular weight excluding hydrogens is 200 g/mol. The van der Waals surface area contributed by atoms with Gasteiger partial charge in [0, 0.05) is 19.7 Å². The van der Waals surface area contributed by atoms with Crippen LogP contribution >= 0.6 is 0 Å². The SMILES string of the molecule is CN(CC1CCCCC1)CC1(N)CCOC1. The van der Waals surface area contributed by atoms with Gasteiger partial charge in [0.2, 0.25) is 0 Å². The smallest absolute Gasteiger partial charge is 0.0659 e. The van der Waals surface area contributed by atoms with E-state index in [0.717, 1.165) is 32.1 Å². The number of rotatable bonds is 4. The predicted octanol–water partition coefficient (Wildman–Crippen LogP) is 1.62. The normalized spacial score (nSPS) is 32.4. The maximum atomic E-state index is 6.30. The summed E-state index contributed by atoms with van der Waals surface area (Å²) in [5.41, 5.74) is 6.22. The van der Waals surface area contributed by atoms with Gasteiger partial charge >= 0.3 is 0 Å². The molecule has 2 aliphatic rings. The van der Waals surface area contributed by atoms with E-state index < -0.39 is 0 Å². The van der Waals surface area contributed by atoms with E-state index in [0.29, 0.717) is 0 Å². The third kappa shape index (κ3) is 3.44. The van der Waals surface area contributed by atoms with Crippen LogP contribution in [0, 0.1) is 5.92 Å². The van der Waals surface area contributed by atoms with Crippen LogP contribution in [0.3, 0.4) is 0 Å². The zero-order chi connectivity index (χ0) is 11.4. The van der Waals surface area contributed by atoms with Crippen molar-refractivity contribution in [2.75, 3.05) is 33.4 Å². The van der Waals surface area contributed by atoms with Gasteiger partial charge in [-0.3, -0.25) is 0 Å². The number of hydrogen-bond acceptors (Lipinski definition) is 3. The lowest BCUT2D eigenvalue weighted by Gasteiger charge is -2.32. The number of nitrogens with zero attached hydrogens (tertiary/aromatic N) is 1. The van der Waals surface area contributed by atoms with Crippen molar-refractivity contribution in [1.29, 1.82) is 0 Å². The fourth-order valence-electron chi connectivity index (χ4n) is 3.16. The molecule has 0 amide bonds. The van der Waals surface area contributed by atoms with E-state index in [-0.39, 0.29) is 5.54 Å². The molecule has 2 fully saturated rings. The highest BCUT2D eigenvalue weighted by Gasteiger charge is 2.32. The zero-order valence-electron chi connectivity index (χ0n) is 10.6. The highest BCUT2D eigenvalue weighted by molar-refractivity contribution is 4.90. The lowest BCUT2D eigenvalue weighted by atomic mass is 9.88. The second-order valence-corrected chi connectivity index (χ2v) is 5.87. The maximum Gasteiger partial charge on any atom is 0.0659 e. The first-order chi connectivity index (χ1) is 7.68. The molecule has 0 aromatic rings. The van der Waals surface area contributed by atoms with Gasteiger partial charge in [-0.05, 0) is 32.2 Å². The fourth-order valence-corrected chi connectivity index (χ4v) is 3.16. The van der Waals surface area contributed by atoms with Gasteiger partial charge in [0.15, 0.2) is 0 Å². The predicted molar refractivity (Wildman–Crippen MR) is 66.4 cm³/mol. The minimum atomic E-state index is -0.0799. The van der Waals surface area contributed by atoms with Crippen molar-refractivity contribution in [1.82, 2.24) is 4.90 Å². The van der Waals surface area contributed by atoms with Gasteiger partial charge in [0.25, 0.3) is 0 Å². The van der Waals surface area contributed by atoms with Gasteiger partial charge in [-0.15, -0.1) is 0 Å². The molecule has 2 N–H and O–H groups in total. The Bertz CT molecular complexity index is 208. The summed E-state index contributed by atoms with van der Waals surface area (Å²) in [4.78, 5) is 2.42. The summed E-state index contributed by atoms with van der Waals surface area (Å²) in [5, 5.41) is 0. The minimum Gasteiger partial charge on any atom is -0.379 e. The Balaban J connectivity index is 1.72. The van der Waals surface area contributed by atoms with Gasteiger partial charge < -0.3 is 15.4 Å². The second-order valence-electron chi connectivity index (χ2n) is 5.87. The van der Waals surface area contributed by atoms with Gasteiger partial charge in [0.05, 0.1) is 12.1 Å². The highest BCUT2D eigenvalue weighted by Crippen LogP contribution is 2.25. The molecule has 94 valence electrons. The molecule has 3 nitrogen and oxygen atoms in total. The molecule has 0 spiro atoms. The average molecular weight is 226 g/mol. The summed E-state index contributed by atoms with van der Waals surface area (Å²) in [5.74, 6) is 0.907. The lowest BCUT2D eigenvalue weighted by Crippen LogP contribution is -2.50. The van der Waals surface area contributed by atoms with E-state index in [1.807, 2.05) is 0 Å². The van der Waals surface area contributed by atoms with Crippen LogP contribution in [0.4, 0.5) is 0 Å². The molecule has 1 aliphatic heterocycles. The van der Waals surface area contributed by atoms with E-state index in [1.165, 1.54) is 38.6 Å². The van der Waals surface area contributed by atoms with Crippen molar-refractivity contribution in [2.24, 2.45) is 11.7 Å². The number of likely N-dealkylation sites (N-methyl/N-ethyl adjacent to an activating group) is 1. The molecule has 1 unspecified atom stereocenters. The summed E-state index contributed by atoms with van der Waals surface area (Å²) in [6, 6.07) is 0. The Labute approximate surface area is 99.3 Å². The lowest BCUT2D eigenvalue weighted by molar-refractivity contribution is 0.150. The Kier molecular flexibility index (Phi) is 4.22. The van der Waals surface area contributed by atoms with Crippen molar-refractivity contribution in [3.63, 3.8) is 0 Å². The number of ether oxygens (including phenoxy) is 1. The molecule has 0 bridgehead atoms. The zero-order valence-corrected chi connectivity index (χ0v) is 10.6. The summed E-state index contributed by atoms with van der Waals surface area (Å²) in [6.45, 7) is 3.79. The first-order valence-corrected chi connectivity index (χ1v) is 6.73. The van der Waals surface area contributed by atoms with Crippen LogP contribution in [0.25, 0.3) is 0 Å². The molecular formula is C13H26N2O. The molecule has 1 atom stereocenters. The van der Waals surface area contributed by atoms with Crippen molar-refractivity contribution < 1.29 is 4.74 Å². The first-order valence-electron chi connectivity index (χ1n) is 6.73. The molecule has 3 heteroatoms. The topological polar surface area (TPSA) is 38.5 Å². The maximum absolute atomic E-state index is 6.30. The highest BCUT2D eigenvalue weighted by atomic mass is 16.5. The van der Waals surface area contributed by atoms with Crippen LogP contribution in [0.5, 0.6) is 0 Å². The molecule has 1 aliphatic carbocycles. The molecule has 0 aromatic heterocycles. The number of hydrogen-bond donors (Lipinski definition) is 1. The molecule has 16 heavy (non-hydrogen) atoms. The Morgan fingerprint density at radius 3 is 2.69 bits per heavy atom. The van der Waals surface area contributed by atoms with Crippen LogP contribution in [-0.4, -0.2) is 43.8 Å². The fraction of sp³-hybridized carbons (Fsp3) is 1.00. The minimum absolute atomic E-state index is 0.0799. The van der Waals surface area contributed by atoms with E-state index in [4.69, 9.17) is 10.5 Å². The quantitative estimate of drug-likeness (QED) is 0.791. The van der Waals surface area contributed by atoms with Crippen molar-refractivity contribution in [3.8, 4) is 0 Å². The van der Waals surface area contributed by atoms with E-state index in [9.17, 15) is 0 Å². The van der Waals surface area contributed by atoms with E-state index >= 15 is 0 Å². The van der Waals surface area contributed by atoms with Gasteiger partial charge in [-0.25, -0.2) is 0 Å². The molecule has 1 heterocycles. The standard InChI is InChI=1S/C13H26N2O/c1-15(9-12-5-3-2-4-6-12)10-13(14)7-8-16-11-13/h12H,2-11,14H2,1H3. The van der Waals surface area contributed by atoms with Crippen LogP contribution in [0.15, 0.2) is 0 Å². The summed E-state index contributed by atoms with van der Waals surface area (Å²) < 4.78 is 5.40. The molecule has 1 saturated heterocycles. The van der Waals surface area contributed by atoms with Gasteiger partial charge in [-0.1, -0.05) is 19.3 Å². The van der Waals surface area contributed by atoms with Crippen LogP contribution in [0.2, 0.25) is 0 Å². The Hall–Kier alpha value is -0.120. The molecule has 0 radical (unpaired) electrons. The third-order valence-corrected chi connectivity index (χ3v) is 4.01. The van der Waals surface area contributed by atoms with E-state index in [2.05, 4.69) is 11.9 Å². The summed E-state index contributed by atoms with van der Waals surface area (Å²) >= 11 is 0. The molecule has 2 rings (SSSR count). The van der Waals surface area contributed by atoms with Crippen molar-refractivity contribution in [3.05, 3.63) is 0 Å².